The number of hydrogen-bond donors (Lipinski definition) is 2. The number of nitrogens with zero attached hydrogens (tertiary/aromatic N) is 2. The van der Waals surface area contributed by atoms with Gasteiger partial charge in [-0.05, 0) is 24.6 Å². The number of aromatic nitrogens is 1. The lowest BCUT2D eigenvalue weighted by molar-refractivity contribution is -0.142. The van der Waals surface area contributed by atoms with Crippen LogP contribution in [0.3, 0.4) is 0 Å². The molecule has 94 valence electrons. The lowest BCUT2D eigenvalue weighted by Gasteiger charge is -2.21. The summed E-state index contributed by atoms with van der Waals surface area (Å²) in [5, 5.41) is 11.2. The molecule has 0 spiro atoms. The fourth-order valence-corrected chi connectivity index (χ4v) is 1.86. The summed E-state index contributed by atoms with van der Waals surface area (Å²) in [7, 11) is 0. The van der Waals surface area contributed by atoms with Gasteiger partial charge in [0.2, 0.25) is 0 Å². The zero-order valence-electron chi connectivity index (χ0n) is 9.58. The maximum absolute atomic E-state index is 12.1. The topological polar surface area (TPSA) is 99.6 Å². The Morgan fingerprint density at radius 3 is 2.61 bits per heavy atom. The molecule has 2 N–H and O–H groups in total. The highest BCUT2D eigenvalue weighted by atomic mass is 16.4. The van der Waals surface area contributed by atoms with Crippen LogP contribution in [0, 0.1) is 0 Å². The molecule has 2 heterocycles. The third-order valence-corrected chi connectivity index (χ3v) is 2.83. The zero-order chi connectivity index (χ0) is 13.3. The predicted molar refractivity (Wildman–Crippen MR) is 59.5 cm³/mol. The van der Waals surface area contributed by atoms with E-state index >= 15 is 0 Å². The van der Waals surface area contributed by atoms with Crippen molar-refractivity contribution in [2.75, 3.05) is 6.54 Å². The van der Waals surface area contributed by atoms with Crippen molar-refractivity contribution in [3.05, 3.63) is 30.1 Å². The van der Waals surface area contributed by atoms with E-state index in [1.807, 2.05) is 0 Å². The largest absolute Gasteiger partial charge is 0.480 e. The van der Waals surface area contributed by atoms with Crippen molar-refractivity contribution in [1.29, 1.82) is 0 Å². The van der Waals surface area contributed by atoms with Gasteiger partial charge >= 0.3 is 12.0 Å². The first kappa shape index (κ1) is 12.0. The summed E-state index contributed by atoms with van der Waals surface area (Å²) in [5.74, 6) is -1.82. The van der Waals surface area contributed by atoms with Gasteiger partial charge in [0.15, 0.2) is 0 Å². The number of imide groups is 1. The van der Waals surface area contributed by atoms with Crippen LogP contribution in [0.4, 0.5) is 4.79 Å². The van der Waals surface area contributed by atoms with Gasteiger partial charge < -0.3 is 10.4 Å². The first-order valence-electron chi connectivity index (χ1n) is 5.21. The van der Waals surface area contributed by atoms with Gasteiger partial charge in [0.05, 0.1) is 0 Å². The number of nitrogens with one attached hydrogen (secondary N) is 1. The molecule has 1 atom stereocenters. The van der Waals surface area contributed by atoms with Crippen molar-refractivity contribution in [1.82, 2.24) is 15.2 Å². The van der Waals surface area contributed by atoms with Gasteiger partial charge in [-0.3, -0.25) is 19.5 Å². The molecule has 3 amide bonds. The zero-order valence-corrected chi connectivity index (χ0v) is 9.58. The first-order valence-corrected chi connectivity index (χ1v) is 5.21. The number of rotatable bonds is 3. The van der Waals surface area contributed by atoms with Crippen LogP contribution < -0.4 is 5.32 Å². The summed E-state index contributed by atoms with van der Waals surface area (Å²) in [5.41, 5.74) is -0.682. The summed E-state index contributed by atoms with van der Waals surface area (Å²) < 4.78 is 0. The quantitative estimate of drug-likeness (QED) is 0.730. The summed E-state index contributed by atoms with van der Waals surface area (Å²) in [4.78, 5) is 38.9. The number of aliphatic carboxylic acids is 1. The van der Waals surface area contributed by atoms with E-state index in [9.17, 15) is 14.4 Å². The Morgan fingerprint density at radius 1 is 1.44 bits per heavy atom. The third kappa shape index (κ3) is 1.79. The van der Waals surface area contributed by atoms with Crippen molar-refractivity contribution >= 4 is 17.9 Å². The fourth-order valence-electron chi connectivity index (χ4n) is 1.86. The molecule has 1 unspecified atom stereocenters. The molecule has 0 saturated carbocycles. The van der Waals surface area contributed by atoms with Gasteiger partial charge in [-0.2, -0.15) is 0 Å². The second-order valence-electron chi connectivity index (χ2n) is 4.08. The lowest BCUT2D eigenvalue weighted by atomic mass is 9.93. The van der Waals surface area contributed by atoms with E-state index in [0.717, 1.165) is 0 Å². The van der Waals surface area contributed by atoms with E-state index in [4.69, 9.17) is 5.11 Å². The van der Waals surface area contributed by atoms with Gasteiger partial charge in [-0.15, -0.1) is 0 Å². The van der Waals surface area contributed by atoms with E-state index < -0.39 is 30.0 Å². The molecule has 1 aliphatic heterocycles. The minimum atomic E-state index is -1.24. The number of amides is 3. The number of carbonyl (C=O) groups is 3. The summed E-state index contributed by atoms with van der Waals surface area (Å²) in [6.45, 7) is 0.885. The number of pyridine rings is 1. The second-order valence-corrected chi connectivity index (χ2v) is 4.08. The third-order valence-electron chi connectivity index (χ3n) is 2.83. The predicted octanol–water partition coefficient (Wildman–Crippen LogP) is -0.0668. The molecular formula is C11H11N3O4. The van der Waals surface area contributed by atoms with E-state index in [1.165, 1.54) is 19.3 Å². The van der Waals surface area contributed by atoms with Crippen LogP contribution >= 0.6 is 0 Å². The highest BCUT2D eigenvalue weighted by Gasteiger charge is 2.49. The standard InChI is InChI=1S/C11H11N3O4/c1-11(7-2-4-12-5-3-7)9(17)14(6-8(15)16)10(18)13-11/h2-5H,6H2,1H3,(H,13,18)(H,15,16). The molecule has 1 fully saturated rings. The highest BCUT2D eigenvalue weighted by molar-refractivity contribution is 6.08. The Labute approximate surface area is 102 Å². The van der Waals surface area contributed by atoms with Crippen LogP contribution in [0.5, 0.6) is 0 Å². The minimum absolute atomic E-state index is 0.559. The molecule has 0 bridgehead atoms. The van der Waals surface area contributed by atoms with E-state index in [1.54, 1.807) is 12.1 Å². The molecule has 7 nitrogen and oxygen atoms in total. The first-order chi connectivity index (χ1) is 8.45. The van der Waals surface area contributed by atoms with Crippen LogP contribution in [0.1, 0.15) is 12.5 Å². The molecule has 7 heteroatoms. The summed E-state index contributed by atoms with van der Waals surface area (Å²) >= 11 is 0. The lowest BCUT2D eigenvalue weighted by Crippen LogP contribution is -2.41. The maximum atomic E-state index is 12.1. The van der Waals surface area contributed by atoms with Gasteiger partial charge in [0, 0.05) is 12.4 Å². The van der Waals surface area contributed by atoms with Gasteiger partial charge in [0.25, 0.3) is 5.91 Å². The SMILES string of the molecule is CC1(c2ccncc2)NC(=O)N(CC(=O)O)C1=O. The van der Waals surface area contributed by atoms with Gasteiger partial charge in [-0.1, -0.05) is 0 Å². The Kier molecular flexibility index (Phi) is 2.74. The summed E-state index contributed by atoms with van der Waals surface area (Å²) in [6, 6.07) is 2.49. The van der Waals surface area contributed by atoms with Gasteiger partial charge in [-0.25, -0.2) is 4.79 Å². The Balaban J connectivity index is 2.35. The highest BCUT2D eigenvalue weighted by Crippen LogP contribution is 2.27. The molecule has 0 radical (unpaired) electrons. The average molecular weight is 249 g/mol. The van der Waals surface area contributed by atoms with Crippen LogP contribution in [0.15, 0.2) is 24.5 Å². The molecule has 1 aliphatic rings. The van der Waals surface area contributed by atoms with Crippen LogP contribution in [-0.4, -0.2) is 39.4 Å². The maximum Gasteiger partial charge on any atom is 0.325 e. The monoisotopic (exact) mass is 249 g/mol. The number of carboxylic acids is 1. The van der Waals surface area contributed by atoms with Crippen molar-refractivity contribution in [3.8, 4) is 0 Å². The summed E-state index contributed by atoms with van der Waals surface area (Å²) in [6.07, 6.45) is 3.00. The van der Waals surface area contributed by atoms with Crippen LogP contribution in [0.25, 0.3) is 0 Å². The van der Waals surface area contributed by atoms with E-state index in [2.05, 4.69) is 10.3 Å². The Bertz CT molecular complexity index is 516. The normalized spacial score (nSPS) is 23.1. The molecule has 1 aromatic heterocycles. The van der Waals surface area contributed by atoms with Crippen molar-refractivity contribution in [2.45, 2.75) is 12.5 Å². The van der Waals surface area contributed by atoms with Crippen LogP contribution in [0.2, 0.25) is 0 Å². The number of carboxylic acid groups (broad SMARTS) is 1. The number of urea groups is 1. The average Bonchev–Trinajstić information content (AvgIpc) is 2.55. The van der Waals surface area contributed by atoms with Crippen LogP contribution in [-0.2, 0) is 15.1 Å². The number of carbonyl (C=O) groups excluding carboxylic acids is 2. The Hall–Kier alpha value is -2.44. The fraction of sp³-hybridized carbons (Fsp3) is 0.273. The molecule has 2 rings (SSSR count). The molecule has 1 aromatic rings. The minimum Gasteiger partial charge on any atom is -0.480 e. The Morgan fingerprint density at radius 2 is 2.06 bits per heavy atom. The van der Waals surface area contributed by atoms with Crippen molar-refractivity contribution in [3.63, 3.8) is 0 Å². The molecular weight excluding hydrogens is 238 g/mol. The molecule has 0 aromatic carbocycles. The smallest absolute Gasteiger partial charge is 0.325 e. The second kappa shape index (κ2) is 4.10. The van der Waals surface area contributed by atoms with Crippen molar-refractivity contribution < 1.29 is 19.5 Å². The van der Waals surface area contributed by atoms with E-state index in [0.29, 0.717) is 10.5 Å². The van der Waals surface area contributed by atoms with E-state index in [-0.39, 0.29) is 0 Å². The molecule has 1 saturated heterocycles. The molecule has 18 heavy (non-hydrogen) atoms. The van der Waals surface area contributed by atoms with Crippen molar-refractivity contribution in [2.24, 2.45) is 0 Å². The molecule has 0 aliphatic carbocycles. The van der Waals surface area contributed by atoms with Gasteiger partial charge in [0.1, 0.15) is 12.1 Å². The number of hydrogen-bond acceptors (Lipinski definition) is 4.